The number of carbonyl (C=O) groups is 1. The SMILES string of the molecule is CCOC(=O)C1C(=N)Oc2cc(C)oc(=O)c2C1c1c(Cl)cccc1Cl. The molecule has 6 nitrogen and oxygen atoms in total. The smallest absolute Gasteiger partial charge is 0.343 e. The quantitative estimate of drug-likeness (QED) is 0.794. The zero-order valence-corrected chi connectivity index (χ0v) is 15.5. The zero-order chi connectivity index (χ0) is 19.0. The molecule has 2 atom stereocenters. The maximum atomic E-state index is 12.6. The van der Waals surface area contributed by atoms with E-state index in [0.717, 1.165) is 0 Å². The predicted octanol–water partition coefficient (Wildman–Crippen LogP) is 3.94. The van der Waals surface area contributed by atoms with Crippen molar-refractivity contribution in [1.82, 2.24) is 0 Å². The Morgan fingerprint density at radius 2 is 1.92 bits per heavy atom. The molecule has 0 spiro atoms. The summed E-state index contributed by atoms with van der Waals surface area (Å²) in [7, 11) is 0. The van der Waals surface area contributed by atoms with Crippen molar-refractivity contribution in [3.8, 4) is 5.75 Å². The number of nitrogens with one attached hydrogen (secondary N) is 1. The van der Waals surface area contributed by atoms with E-state index in [1.54, 1.807) is 32.0 Å². The van der Waals surface area contributed by atoms with Crippen LogP contribution >= 0.6 is 23.2 Å². The molecule has 1 aromatic heterocycles. The van der Waals surface area contributed by atoms with Crippen molar-refractivity contribution in [3.05, 3.63) is 61.6 Å². The molecule has 2 heterocycles. The summed E-state index contributed by atoms with van der Waals surface area (Å²) in [6, 6.07) is 6.33. The van der Waals surface area contributed by atoms with Gasteiger partial charge in [-0.3, -0.25) is 10.2 Å². The Morgan fingerprint density at radius 3 is 2.54 bits per heavy atom. The maximum Gasteiger partial charge on any atom is 0.343 e. The number of carbonyl (C=O) groups excluding carboxylic acids is 1. The maximum absolute atomic E-state index is 12.6. The van der Waals surface area contributed by atoms with Gasteiger partial charge in [0.1, 0.15) is 17.4 Å². The van der Waals surface area contributed by atoms with Crippen LogP contribution in [0, 0.1) is 18.3 Å². The van der Waals surface area contributed by atoms with Crippen LogP contribution in [0.4, 0.5) is 0 Å². The van der Waals surface area contributed by atoms with Gasteiger partial charge >= 0.3 is 11.6 Å². The summed E-state index contributed by atoms with van der Waals surface area (Å²) in [5, 5.41) is 8.73. The highest BCUT2D eigenvalue weighted by atomic mass is 35.5. The third-order valence-corrected chi connectivity index (χ3v) is 4.73. The van der Waals surface area contributed by atoms with E-state index in [-0.39, 0.29) is 33.9 Å². The second-order valence-corrected chi connectivity index (χ2v) is 6.55. The van der Waals surface area contributed by atoms with Gasteiger partial charge in [-0.25, -0.2) is 4.79 Å². The van der Waals surface area contributed by atoms with Crippen LogP contribution in [0.5, 0.6) is 5.75 Å². The average molecular weight is 396 g/mol. The fourth-order valence-electron chi connectivity index (χ4n) is 3.05. The van der Waals surface area contributed by atoms with Gasteiger partial charge in [0.05, 0.1) is 12.2 Å². The minimum Gasteiger partial charge on any atom is -0.465 e. The Hall–Kier alpha value is -2.31. The molecule has 2 aromatic rings. The molecule has 8 heteroatoms. The predicted molar refractivity (Wildman–Crippen MR) is 96.5 cm³/mol. The van der Waals surface area contributed by atoms with E-state index >= 15 is 0 Å². The summed E-state index contributed by atoms with van der Waals surface area (Å²) in [6.07, 6.45) is 0. The summed E-state index contributed by atoms with van der Waals surface area (Å²) < 4.78 is 15.7. The van der Waals surface area contributed by atoms with Gasteiger partial charge < -0.3 is 13.9 Å². The first-order valence-electron chi connectivity index (χ1n) is 7.86. The minimum atomic E-state index is -1.20. The Bertz CT molecular complexity index is 933. The summed E-state index contributed by atoms with van der Waals surface area (Å²) >= 11 is 12.7. The van der Waals surface area contributed by atoms with Crippen molar-refractivity contribution in [1.29, 1.82) is 5.41 Å². The molecule has 1 aliphatic rings. The van der Waals surface area contributed by atoms with Crippen LogP contribution in [0.1, 0.15) is 29.7 Å². The second kappa shape index (κ2) is 7.13. The lowest BCUT2D eigenvalue weighted by Gasteiger charge is -2.32. The first kappa shape index (κ1) is 18.5. The van der Waals surface area contributed by atoms with Crippen LogP contribution in [0.15, 0.2) is 33.5 Å². The summed E-state index contributed by atoms with van der Waals surface area (Å²) in [5.41, 5.74) is -0.248. The van der Waals surface area contributed by atoms with E-state index in [4.69, 9.17) is 42.5 Å². The van der Waals surface area contributed by atoms with E-state index in [1.807, 2.05) is 0 Å². The molecule has 0 amide bonds. The number of fused-ring (bicyclic) bond motifs is 1. The number of hydrogen-bond donors (Lipinski definition) is 1. The number of esters is 1. The van der Waals surface area contributed by atoms with E-state index in [9.17, 15) is 9.59 Å². The van der Waals surface area contributed by atoms with Crippen molar-refractivity contribution in [2.75, 3.05) is 6.61 Å². The topological polar surface area (TPSA) is 89.6 Å². The van der Waals surface area contributed by atoms with Gasteiger partial charge in [0.2, 0.25) is 5.90 Å². The normalized spacial score (nSPS) is 18.8. The monoisotopic (exact) mass is 395 g/mol. The van der Waals surface area contributed by atoms with E-state index in [0.29, 0.717) is 11.3 Å². The van der Waals surface area contributed by atoms with Crippen LogP contribution in [0.2, 0.25) is 10.0 Å². The van der Waals surface area contributed by atoms with Crippen molar-refractivity contribution in [3.63, 3.8) is 0 Å². The number of halogens is 2. The average Bonchev–Trinajstić information content (AvgIpc) is 2.53. The fraction of sp³-hybridized carbons (Fsp3) is 0.278. The second-order valence-electron chi connectivity index (χ2n) is 5.73. The molecule has 0 saturated carbocycles. The van der Waals surface area contributed by atoms with Crippen LogP contribution < -0.4 is 10.4 Å². The number of aryl methyl sites for hydroxylation is 1. The van der Waals surface area contributed by atoms with Gasteiger partial charge in [0, 0.05) is 22.0 Å². The summed E-state index contributed by atoms with van der Waals surface area (Å²) in [5.74, 6) is -2.75. The van der Waals surface area contributed by atoms with Gasteiger partial charge in [-0.05, 0) is 31.5 Å². The molecular weight excluding hydrogens is 381 g/mol. The molecule has 1 aliphatic heterocycles. The van der Waals surface area contributed by atoms with Gasteiger partial charge in [-0.1, -0.05) is 29.3 Å². The van der Waals surface area contributed by atoms with Crippen molar-refractivity contribution in [2.24, 2.45) is 5.92 Å². The van der Waals surface area contributed by atoms with Crippen LogP contribution in [0.25, 0.3) is 0 Å². The van der Waals surface area contributed by atoms with Gasteiger partial charge in [-0.15, -0.1) is 0 Å². The molecule has 0 radical (unpaired) electrons. The van der Waals surface area contributed by atoms with Crippen molar-refractivity contribution < 1.29 is 18.7 Å². The number of ether oxygens (including phenoxy) is 2. The van der Waals surface area contributed by atoms with E-state index < -0.39 is 23.4 Å². The van der Waals surface area contributed by atoms with Crippen molar-refractivity contribution >= 4 is 35.1 Å². The number of hydrogen-bond acceptors (Lipinski definition) is 6. The Morgan fingerprint density at radius 1 is 1.27 bits per heavy atom. The largest absolute Gasteiger partial charge is 0.465 e. The molecule has 0 fully saturated rings. The van der Waals surface area contributed by atoms with Crippen LogP contribution in [0.3, 0.4) is 0 Å². The van der Waals surface area contributed by atoms with E-state index in [2.05, 4.69) is 0 Å². The molecule has 1 aromatic carbocycles. The molecule has 1 N–H and O–H groups in total. The molecule has 3 rings (SSSR count). The highest BCUT2D eigenvalue weighted by molar-refractivity contribution is 6.36. The van der Waals surface area contributed by atoms with Gasteiger partial charge in [0.15, 0.2) is 0 Å². The first-order valence-corrected chi connectivity index (χ1v) is 8.62. The summed E-state index contributed by atoms with van der Waals surface area (Å²) in [4.78, 5) is 25.1. The number of benzene rings is 1. The highest BCUT2D eigenvalue weighted by Gasteiger charge is 2.46. The number of rotatable bonds is 3. The molecule has 0 saturated heterocycles. The Labute approximate surface area is 159 Å². The summed E-state index contributed by atoms with van der Waals surface area (Å²) in [6.45, 7) is 3.35. The van der Waals surface area contributed by atoms with Crippen LogP contribution in [-0.2, 0) is 9.53 Å². The molecular formula is C18H15Cl2NO5. The Kier molecular flexibility index (Phi) is 5.07. The lowest BCUT2D eigenvalue weighted by molar-refractivity contribution is -0.146. The fourth-order valence-corrected chi connectivity index (χ4v) is 3.68. The molecule has 0 bridgehead atoms. The third kappa shape index (κ3) is 3.10. The van der Waals surface area contributed by atoms with Crippen molar-refractivity contribution in [2.45, 2.75) is 19.8 Å². The van der Waals surface area contributed by atoms with E-state index in [1.165, 1.54) is 6.07 Å². The lowest BCUT2D eigenvalue weighted by atomic mass is 9.79. The lowest BCUT2D eigenvalue weighted by Crippen LogP contribution is -2.41. The third-order valence-electron chi connectivity index (χ3n) is 4.07. The molecule has 0 aliphatic carbocycles. The first-order chi connectivity index (χ1) is 12.3. The zero-order valence-electron chi connectivity index (χ0n) is 14.0. The van der Waals surface area contributed by atoms with Crippen LogP contribution in [-0.4, -0.2) is 18.5 Å². The molecule has 136 valence electrons. The standard InChI is InChI=1S/C18H15Cl2NO5/c1-3-24-17(22)15-14(12-9(19)5-4-6-10(12)20)13-11(26-16(15)21)7-8(2)25-18(13)23/h4-7,14-15,21H,3H2,1-2H3. The van der Waals surface area contributed by atoms with Gasteiger partial charge in [-0.2, -0.15) is 0 Å². The minimum absolute atomic E-state index is 0.0830. The molecule has 2 unspecified atom stereocenters. The van der Waals surface area contributed by atoms with Gasteiger partial charge in [0.25, 0.3) is 0 Å². The Balaban J connectivity index is 2.32. The molecule has 26 heavy (non-hydrogen) atoms. The highest BCUT2D eigenvalue weighted by Crippen LogP contribution is 2.45.